The van der Waals surface area contributed by atoms with E-state index in [1.54, 1.807) is 0 Å². The van der Waals surface area contributed by atoms with Crippen molar-refractivity contribution in [3.8, 4) is 0 Å². The molecular weight excluding hydrogens is 282 g/mol. The molecule has 7 heteroatoms. The number of amides is 1. The highest BCUT2D eigenvalue weighted by atomic mass is 16.5. The first-order valence-electron chi connectivity index (χ1n) is 8.16. The fraction of sp³-hybridized carbons (Fsp3) is 0.800. The third-order valence-corrected chi connectivity index (χ3v) is 4.04. The number of piperazine rings is 1. The molecule has 0 bridgehead atoms. The van der Waals surface area contributed by atoms with Gasteiger partial charge in [0.2, 0.25) is 11.8 Å². The molecule has 0 aliphatic carbocycles. The van der Waals surface area contributed by atoms with Gasteiger partial charge in [-0.05, 0) is 13.3 Å². The topological polar surface area (TPSA) is 74.5 Å². The Balaban J connectivity index is 1.70. The van der Waals surface area contributed by atoms with Crippen molar-refractivity contribution in [2.45, 2.75) is 46.2 Å². The second-order valence-corrected chi connectivity index (χ2v) is 5.89. The molecular formula is C15H27N5O2. The van der Waals surface area contributed by atoms with Crippen molar-refractivity contribution in [3.05, 3.63) is 11.7 Å². The van der Waals surface area contributed by atoms with Crippen LogP contribution in [0.25, 0.3) is 0 Å². The molecule has 1 aliphatic rings. The van der Waals surface area contributed by atoms with Crippen LogP contribution >= 0.6 is 0 Å². The van der Waals surface area contributed by atoms with Crippen LogP contribution < -0.4 is 5.32 Å². The maximum atomic E-state index is 11.9. The Morgan fingerprint density at radius 1 is 1.27 bits per heavy atom. The van der Waals surface area contributed by atoms with E-state index < -0.39 is 0 Å². The quantitative estimate of drug-likeness (QED) is 0.798. The Morgan fingerprint density at radius 3 is 2.55 bits per heavy atom. The van der Waals surface area contributed by atoms with Gasteiger partial charge < -0.3 is 9.84 Å². The van der Waals surface area contributed by atoms with E-state index in [0.717, 1.165) is 44.8 Å². The Hall–Kier alpha value is -1.47. The van der Waals surface area contributed by atoms with Crippen LogP contribution in [0.1, 0.15) is 38.9 Å². The molecule has 1 aromatic heterocycles. The fourth-order valence-corrected chi connectivity index (χ4v) is 2.42. The van der Waals surface area contributed by atoms with Crippen LogP contribution in [-0.2, 0) is 17.8 Å². The van der Waals surface area contributed by atoms with Gasteiger partial charge in [-0.15, -0.1) is 0 Å². The largest absolute Gasteiger partial charge is 0.353 e. The van der Waals surface area contributed by atoms with Crippen LogP contribution in [0.15, 0.2) is 4.52 Å². The van der Waals surface area contributed by atoms with Gasteiger partial charge in [-0.1, -0.05) is 19.0 Å². The summed E-state index contributed by atoms with van der Waals surface area (Å²) in [6.45, 7) is 10.9. The van der Waals surface area contributed by atoms with Crippen LogP contribution in [0.5, 0.6) is 0 Å². The first kappa shape index (κ1) is 16.9. The van der Waals surface area contributed by atoms with E-state index in [1.165, 1.54) is 0 Å². The Bertz CT molecular complexity index is 468. The number of carbonyl (C=O) groups excluding carboxylic acids is 1. The van der Waals surface area contributed by atoms with Crippen LogP contribution in [0.3, 0.4) is 0 Å². The average Bonchev–Trinajstić information content (AvgIpc) is 2.96. The SMILES string of the molecule is CCc1noc(CN2CCN(CC(=O)NC(C)CC)CC2)n1. The van der Waals surface area contributed by atoms with E-state index in [1.807, 2.05) is 13.8 Å². The maximum Gasteiger partial charge on any atom is 0.240 e. The number of nitrogens with zero attached hydrogens (tertiary/aromatic N) is 4. The number of aryl methyl sites for hydroxylation is 1. The normalized spacial score (nSPS) is 18.3. The molecule has 1 aliphatic heterocycles. The van der Waals surface area contributed by atoms with Gasteiger partial charge in [0.1, 0.15) is 0 Å². The van der Waals surface area contributed by atoms with Gasteiger partial charge in [-0.3, -0.25) is 14.6 Å². The predicted molar refractivity (Wildman–Crippen MR) is 83.3 cm³/mol. The molecule has 1 N–H and O–H groups in total. The Labute approximate surface area is 132 Å². The summed E-state index contributed by atoms with van der Waals surface area (Å²) in [5.41, 5.74) is 0. The van der Waals surface area contributed by atoms with Crippen molar-refractivity contribution in [2.75, 3.05) is 32.7 Å². The molecule has 22 heavy (non-hydrogen) atoms. The molecule has 124 valence electrons. The number of aromatic nitrogens is 2. The van der Waals surface area contributed by atoms with Crippen molar-refractivity contribution in [1.29, 1.82) is 0 Å². The van der Waals surface area contributed by atoms with Gasteiger partial charge in [0.05, 0.1) is 13.1 Å². The smallest absolute Gasteiger partial charge is 0.240 e. The van der Waals surface area contributed by atoms with Crippen LogP contribution in [-0.4, -0.2) is 64.6 Å². The summed E-state index contributed by atoms with van der Waals surface area (Å²) in [6, 6.07) is 0.249. The molecule has 7 nitrogen and oxygen atoms in total. The summed E-state index contributed by atoms with van der Waals surface area (Å²) in [5, 5.41) is 6.92. The molecule has 0 radical (unpaired) electrons. The van der Waals surface area contributed by atoms with Crippen LogP contribution in [0.4, 0.5) is 0 Å². The van der Waals surface area contributed by atoms with Gasteiger partial charge in [0.15, 0.2) is 5.82 Å². The fourth-order valence-electron chi connectivity index (χ4n) is 2.42. The standard InChI is InChI=1S/C15H27N5O2/c1-4-12(3)16-14(21)10-19-6-8-20(9-7-19)11-15-17-13(5-2)18-22-15/h12H,4-11H2,1-3H3,(H,16,21). The first-order valence-corrected chi connectivity index (χ1v) is 8.16. The van der Waals surface area contributed by atoms with Gasteiger partial charge in [0, 0.05) is 38.6 Å². The molecule has 0 saturated carbocycles. The van der Waals surface area contributed by atoms with E-state index >= 15 is 0 Å². The van der Waals surface area contributed by atoms with Crippen molar-refractivity contribution < 1.29 is 9.32 Å². The lowest BCUT2D eigenvalue weighted by molar-refractivity contribution is -0.123. The summed E-state index contributed by atoms with van der Waals surface area (Å²) in [4.78, 5) is 20.7. The predicted octanol–water partition coefficient (Wildman–Crippen LogP) is 0.664. The number of hydrogen-bond donors (Lipinski definition) is 1. The lowest BCUT2D eigenvalue weighted by Gasteiger charge is -2.33. The Morgan fingerprint density at radius 2 is 1.95 bits per heavy atom. The molecule has 1 fully saturated rings. The number of nitrogens with one attached hydrogen (secondary N) is 1. The highest BCUT2D eigenvalue weighted by Crippen LogP contribution is 2.07. The highest BCUT2D eigenvalue weighted by molar-refractivity contribution is 5.78. The number of rotatable bonds is 7. The summed E-state index contributed by atoms with van der Waals surface area (Å²) in [7, 11) is 0. The van der Waals surface area contributed by atoms with Crippen molar-refractivity contribution in [2.24, 2.45) is 0 Å². The second-order valence-electron chi connectivity index (χ2n) is 5.89. The second kappa shape index (κ2) is 8.24. The maximum absolute atomic E-state index is 11.9. The first-order chi connectivity index (χ1) is 10.6. The summed E-state index contributed by atoms with van der Waals surface area (Å²) in [6.07, 6.45) is 1.76. The zero-order valence-electron chi connectivity index (χ0n) is 13.8. The third kappa shape index (κ3) is 5.06. The monoisotopic (exact) mass is 309 g/mol. The zero-order chi connectivity index (χ0) is 15.9. The van der Waals surface area contributed by atoms with E-state index in [9.17, 15) is 4.79 Å². The minimum atomic E-state index is 0.118. The van der Waals surface area contributed by atoms with Gasteiger partial charge in [-0.25, -0.2) is 0 Å². The zero-order valence-corrected chi connectivity index (χ0v) is 13.8. The van der Waals surface area contributed by atoms with Crippen molar-refractivity contribution in [3.63, 3.8) is 0 Å². The molecule has 0 spiro atoms. The van der Waals surface area contributed by atoms with Crippen molar-refractivity contribution >= 4 is 5.91 Å². The molecule has 1 atom stereocenters. The summed E-state index contributed by atoms with van der Waals surface area (Å²) in [5.74, 6) is 1.56. The Kier molecular flexibility index (Phi) is 6.33. The molecule has 1 aromatic rings. The molecule has 1 unspecified atom stereocenters. The summed E-state index contributed by atoms with van der Waals surface area (Å²) >= 11 is 0. The van der Waals surface area contributed by atoms with Crippen molar-refractivity contribution in [1.82, 2.24) is 25.3 Å². The third-order valence-electron chi connectivity index (χ3n) is 4.04. The molecule has 2 rings (SSSR count). The van der Waals surface area contributed by atoms with Gasteiger partial charge in [0.25, 0.3) is 0 Å². The lowest BCUT2D eigenvalue weighted by Crippen LogP contribution is -2.49. The molecule has 1 saturated heterocycles. The van der Waals surface area contributed by atoms with E-state index in [4.69, 9.17) is 4.52 Å². The van der Waals surface area contributed by atoms with Gasteiger partial charge in [-0.2, -0.15) is 4.98 Å². The molecule has 1 amide bonds. The molecule has 2 heterocycles. The lowest BCUT2D eigenvalue weighted by atomic mass is 10.2. The molecule has 0 aromatic carbocycles. The number of carbonyl (C=O) groups is 1. The highest BCUT2D eigenvalue weighted by Gasteiger charge is 2.21. The minimum absolute atomic E-state index is 0.118. The van der Waals surface area contributed by atoms with E-state index in [-0.39, 0.29) is 11.9 Å². The van der Waals surface area contributed by atoms with Gasteiger partial charge >= 0.3 is 0 Å². The number of hydrogen-bond acceptors (Lipinski definition) is 6. The van der Waals surface area contributed by atoms with E-state index in [0.29, 0.717) is 19.0 Å². The minimum Gasteiger partial charge on any atom is -0.353 e. The van der Waals surface area contributed by atoms with E-state index in [2.05, 4.69) is 32.2 Å². The van der Waals surface area contributed by atoms with Crippen LogP contribution in [0, 0.1) is 0 Å². The summed E-state index contributed by atoms with van der Waals surface area (Å²) < 4.78 is 5.23. The average molecular weight is 309 g/mol. The van der Waals surface area contributed by atoms with Crippen LogP contribution in [0.2, 0.25) is 0 Å².